The van der Waals surface area contributed by atoms with Crippen LogP contribution in [0, 0.1) is 11.3 Å². The van der Waals surface area contributed by atoms with Gasteiger partial charge in [-0.15, -0.1) is 0 Å². The molecule has 108 valence electrons. The Morgan fingerprint density at radius 2 is 2.20 bits per heavy atom. The van der Waals surface area contributed by atoms with Crippen LogP contribution in [0.2, 0.25) is 0 Å². The zero-order chi connectivity index (χ0) is 14.4. The number of benzene rings is 1. The Labute approximate surface area is 120 Å². The topological polar surface area (TPSA) is 82.0 Å². The van der Waals surface area contributed by atoms with Gasteiger partial charge in [-0.2, -0.15) is 5.26 Å². The summed E-state index contributed by atoms with van der Waals surface area (Å²) in [6.07, 6.45) is 2.67. The minimum absolute atomic E-state index is 0.00847. The van der Waals surface area contributed by atoms with E-state index in [1.165, 1.54) is 0 Å². The lowest BCUT2D eigenvalue weighted by Crippen LogP contribution is -2.36. The molecule has 20 heavy (non-hydrogen) atoms. The predicted octanol–water partition coefficient (Wildman–Crippen LogP) is 1.12. The van der Waals surface area contributed by atoms with Crippen LogP contribution in [0.15, 0.2) is 24.3 Å². The zero-order valence-corrected chi connectivity index (χ0v) is 12.1. The Balaban J connectivity index is 2.01. The van der Waals surface area contributed by atoms with Crippen molar-refractivity contribution in [3.05, 3.63) is 35.4 Å². The van der Waals surface area contributed by atoms with Crippen molar-refractivity contribution >= 4 is 10.0 Å². The molecule has 1 aromatic rings. The average Bonchev–Trinajstić information content (AvgIpc) is 2.66. The van der Waals surface area contributed by atoms with Crippen LogP contribution in [0.4, 0.5) is 0 Å². The monoisotopic (exact) mass is 293 g/mol. The van der Waals surface area contributed by atoms with E-state index in [9.17, 15) is 8.42 Å². The third-order valence-electron chi connectivity index (χ3n) is 3.33. The van der Waals surface area contributed by atoms with E-state index in [2.05, 4.69) is 10.0 Å². The van der Waals surface area contributed by atoms with Gasteiger partial charge in [0, 0.05) is 6.04 Å². The van der Waals surface area contributed by atoms with Crippen LogP contribution in [0.3, 0.4) is 0 Å². The molecule has 2 N–H and O–H groups in total. The zero-order valence-electron chi connectivity index (χ0n) is 11.3. The number of rotatable bonds is 4. The van der Waals surface area contributed by atoms with Crippen molar-refractivity contribution in [2.45, 2.75) is 31.1 Å². The van der Waals surface area contributed by atoms with Crippen LogP contribution < -0.4 is 10.0 Å². The molecule has 5 nitrogen and oxygen atoms in total. The van der Waals surface area contributed by atoms with Gasteiger partial charge in [0.05, 0.1) is 17.4 Å². The Bertz CT molecular complexity index is 585. The van der Waals surface area contributed by atoms with E-state index >= 15 is 0 Å². The average molecular weight is 293 g/mol. The summed E-state index contributed by atoms with van der Waals surface area (Å²) in [5.74, 6) is -0.0769. The molecule has 2 rings (SSSR count). The van der Waals surface area contributed by atoms with Gasteiger partial charge in [-0.25, -0.2) is 13.1 Å². The number of hydrogen-bond acceptors (Lipinski definition) is 4. The van der Waals surface area contributed by atoms with Gasteiger partial charge >= 0.3 is 0 Å². The lowest BCUT2D eigenvalue weighted by Gasteiger charge is -2.16. The van der Waals surface area contributed by atoms with Gasteiger partial charge < -0.3 is 5.32 Å². The largest absolute Gasteiger partial charge is 0.317 e. The number of hydrogen-bond donors (Lipinski definition) is 2. The Hall–Kier alpha value is -1.42. The summed E-state index contributed by atoms with van der Waals surface area (Å²) in [4.78, 5) is 0. The van der Waals surface area contributed by atoms with Crippen molar-refractivity contribution in [3.63, 3.8) is 0 Å². The standard InChI is InChI=1S/C14H19N3O2S/c15-10-12-3-1-4-13(9-12)11-20(18,19)17-14-5-2-7-16-8-6-14/h1,3-4,9,14,16-17H,2,5-8,11H2. The molecule has 1 fully saturated rings. The van der Waals surface area contributed by atoms with Crippen molar-refractivity contribution < 1.29 is 8.42 Å². The van der Waals surface area contributed by atoms with Crippen molar-refractivity contribution in [2.75, 3.05) is 13.1 Å². The summed E-state index contributed by atoms with van der Waals surface area (Å²) in [6.45, 7) is 1.79. The molecule has 1 aromatic carbocycles. The first-order valence-corrected chi connectivity index (χ1v) is 8.44. The van der Waals surface area contributed by atoms with E-state index in [0.29, 0.717) is 11.1 Å². The molecule has 1 saturated heterocycles. The lowest BCUT2D eigenvalue weighted by molar-refractivity contribution is 0.517. The molecule has 0 aliphatic carbocycles. The van der Waals surface area contributed by atoms with Gasteiger partial charge in [0.1, 0.15) is 0 Å². The molecule has 0 aromatic heterocycles. The highest BCUT2D eigenvalue weighted by Crippen LogP contribution is 2.11. The molecule has 0 bridgehead atoms. The molecule has 6 heteroatoms. The summed E-state index contributed by atoms with van der Waals surface area (Å²) in [5.41, 5.74) is 1.12. The summed E-state index contributed by atoms with van der Waals surface area (Å²) in [5, 5.41) is 12.1. The second kappa shape index (κ2) is 6.84. The van der Waals surface area contributed by atoms with Crippen LogP contribution in [0.5, 0.6) is 0 Å². The van der Waals surface area contributed by atoms with Crippen LogP contribution in [-0.4, -0.2) is 27.5 Å². The molecule has 1 atom stereocenters. The van der Waals surface area contributed by atoms with Crippen molar-refractivity contribution in [3.8, 4) is 6.07 Å². The fourth-order valence-electron chi connectivity index (χ4n) is 2.38. The third-order valence-corrected chi connectivity index (χ3v) is 4.74. The van der Waals surface area contributed by atoms with Crippen LogP contribution in [0.1, 0.15) is 30.4 Å². The highest BCUT2D eigenvalue weighted by Gasteiger charge is 2.19. The molecule has 0 radical (unpaired) electrons. The normalized spacial score (nSPS) is 20.1. The number of nitriles is 1. The maximum Gasteiger partial charge on any atom is 0.216 e. The quantitative estimate of drug-likeness (QED) is 0.871. The van der Waals surface area contributed by atoms with Crippen LogP contribution >= 0.6 is 0 Å². The van der Waals surface area contributed by atoms with E-state index in [1.54, 1.807) is 24.3 Å². The lowest BCUT2D eigenvalue weighted by atomic mass is 10.1. The SMILES string of the molecule is N#Cc1cccc(CS(=O)(=O)NC2CCCNCC2)c1. The molecule has 0 spiro atoms. The number of sulfonamides is 1. The van der Waals surface area contributed by atoms with E-state index < -0.39 is 10.0 Å². The predicted molar refractivity (Wildman–Crippen MR) is 77.4 cm³/mol. The molecular weight excluding hydrogens is 274 g/mol. The highest BCUT2D eigenvalue weighted by molar-refractivity contribution is 7.88. The van der Waals surface area contributed by atoms with Crippen LogP contribution in [-0.2, 0) is 15.8 Å². The third kappa shape index (κ3) is 4.60. The first-order valence-electron chi connectivity index (χ1n) is 6.79. The minimum Gasteiger partial charge on any atom is -0.317 e. The van der Waals surface area contributed by atoms with Crippen molar-refractivity contribution in [1.82, 2.24) is 10.0 Å². The summed E-state index contributed by atoms with van der Waals surface area (Å²) < 4.78 is 27.1. The van der Waals surface area contributed by atoms with E-state index in [0.717, 1.165) is 32.4 Å². The van der Waals surface area contributed by atoms with Gasteiger partial charge in [0.25, 0.3) is 0 Å². The van der Waals surface area contributed by atoms with E-state index in [-0.39, 0.29) is 11.8 Å². The molecule has 1 heterocycles. The van der Waals surface area contributed by atoms with Crippen LogP contribution in [0.25, 0.3) is 0 Å². The van der Waals surface area contributed by atoms with E-state index in [1.807, 2.05) is 6.07 Å². The number of nitrogens with one attached hydrogen (secondary N) is 2. The maximum atomic E-state index is 12.2. The van der Waals surface area contributed by atoms with E-state index in [4.69, 9.17) is 5.26 Å². The molecular formula is C14H19N3O2S. The summed E-state index contributed by atoms with van der Waals surface area (Å²) in [6, 6.07) is 8.75. The van der Waals surface area contributed by atoms with Gasteiger partial charge in [0.2, 0.25) is 10.0 Å². The smallest absolute Gasteiger partial charge is 0.216 e. The summed E-state index contributed by atoms with van der Waals surface area (Å²) >= 11 is 0. The molecule has 1 aliphatic rings. The van der Waals surface area contributed by atoms with Gasteiger partial charge in [-0.05, 0) is 50.0 Å². The molecule has 0 amide bonds. The summed E-state index contributed by atoms with van der Waals surface area (Å²) in [7, 11) is -3.36. The Morgan fingerprint density at radius 1 is 1.35 bits per heavy atom. The first-order chi connectivity index (χ1) is 9.59. The number of nitrogens with zero attached hydrogens (tertiary/aromatic N) is 1. The van der Waals surface area contributed by atoms with Crippen molar-refractivity contribution in [2.24, 2.45) is 0 Å². The fourth-order valence-corrected chi connectivity index (χ4v) is 3.83. The fraction of sp³-hybridized carbons (Fsp3) is 0.500. The minimum atomic E-state index is -3.36. The first kappa shape index (κ1) is 15.0. The highest BCUT2D eigenvalue weighted by atomic mass is 32.2. The van der Waals surface area contributed by atoms with Gasteiger partial charge in [-0.3, -0.25) is 0 Å². The van der Waals surface area contributed by atoms with Crippen molar-refractivity contribution in [1.29, 1.82) is 5.26 Å². The van der Waals surface area contributed by atoms with Gasteiger partial charge in [-0.1, -0.05) is 12.1 Å². The Kier molecular flexibility index (Phi) is 5.12. The second-order valence-electron chi connectivity index (χ2n) is 5.07. The second-order valence-corrected chi connectivity index (χ2v) is 6.82. The van der Waals surface area contributed by atoms with Gasteiger partial charge in [0.15, 0.2) is 0 Å². The molecule has 1 unspecified atom stereocenters. The molecule has 0 saturated carbocycles. The molecule has 1 aliphatic heterocycles. The Morgan fingerprint density at radius 3 is 3.00 bits per heavy atom. The maximum absolute atomic E-state index is 12.2.